The molecule has 0 spiro atoms. The Morgan fingerprint density at radius 1 is 1.24 bits per heavy atom. The molecule has 84 valence electrons. The molecule has 1 aromatic carbocycles. The normalized spacial score (nSPS) is 10.9. The molecular weight excluding hydrogens is 234 g/mol. The van der Waals surface area contributed by atoms with Gasteiger partial charge in [-0.05, 0) is 11.6 Å². The van der Waals surface area contributed by atoms with Crippen LogP contribution in [0.25, 0.3) is 20.7 Å². The first-order valence-corrected chi connectivity index (χ1v) is 6.02. The van der Waals surface area contributed by atoms with Crippen LogP contribution < -0.4 is 5.63 Å². The van der Waals surface area contributed by atoms with E-state index in [2.05, 4.69) is 4.98 Å². The Morgan fingerprint density at radius 2 is 2.00 bits per heavy atom. The number of fused-ring (bicyclic) bond motifs is 1. The zero-order chi connectivity index (χ0) is 11.8. The second kappa shape index (κ2) is 3.82. The number of hydrogen-bond donors (Lipinski definition) is 0. The van der Waals surface area contributed by atoms with Crippen LogP contribution in [-0.2, 0) is 0 Å². The van der Waals surface area contributed by atoms with Gasteiger partial charge in [-0.15, -0.1) is 11.3 Å². The maximum atomic E-state index is 11.6. The highest BCUT2D eigenvalue weighted by Crippen LogP contribution is 2.30. The Kier molecular flexibility index (Phi) is 2.30. The standard InChI is InChI=1S/C13H9NO2S/c1-8-14-12-10(13(15)16-8)7-11(17-12)9-5-3-2-4-6-9/h2-7H,1H3. The molecule has 2 heterocycles. The van der Waals surface area contributed by atoms with Crippen LogP contribution in [0.3, 0.4) is 0 Å². The van der Waals surface area contributed by atoms with Crippen LogP contribution in [0.2, 0.25) is 0 Å². The zero-order valence-corrected chi connectivity index (χ0v) is 9.95. The van der Waals surface area contributed by atoms with E-state index < -0.39 is 0 Å². The predicted molar refractivity (Wildman–Crippen MR) is 68.3 cm³/mol. The molecule has 0 N–H and O–H groups in total. The quantitative estimate of drug-likeness (QED) is 0.659. The third kappa shape index (κ3) is 1.76. The summed E-state index contributed by atoms with van der Waals surface area (Å²) < 4.78 is 4.98. The van der Waals surface area contributed by atoms with Crippen LogP contribution in [0.1, 0.15) is 5.89 Å². The summed E-state index contributed by atoms with van der Waals surface area (Å²) in [5, 5.41) is 0.555. The molecule has 0 saturated carbocycles. The lowest BCUT2D eigenvalue weighted by atomic mass is 10.2. The minimum absolute atomic E-state index is 0.314. The molecule has 3 aromatic rings. The largest absolute Gasteiger partial charge is 0.408 e. The van der Waals surface area contributed by atoms with E-state index in [1.54, 1.807) is 6.92 Å². The van der Waals surface area contributed by atoms with E-state index >= 15 is 0 Å². The summed E-state index contributed by atoms with van der Waals surface area (Å²) >= 11 is 1.51. The fourth-order valence-electron chi connectivity index (χ4n) is 1.71. The fraction of sp³-hybridized carbons (Fsp3) is 0.0769. The first-order chi connectivity index (χ1) is 8.24. The van der Waals surface area contributed by atoms with Crippen molar-refractivity contribution < 1.29 is 4.42 Å². The highest BCUT2D eigenvalue weighted by atomic mass is 32.1. The molecule has 0 aliphatic heterocycles. The van der Waals surface area contributed by atoms with Gasteiger partial charge in [-0.1, -0.05) is 30.3 Å². The molecule has 3 rings (SSSR count). The van der Waals surface area contributed by atoms with Crippen LogP contribution in [0.5, 0.6) is 0 Å². The first kappa shape index (κ1) is 10.2. The van der Waals surface area contributed by atoms with Gasteiger partial charge in [0.05, 0.1) is 5.39 Å². The first-order valence-electron chi connectivity index (χ1n) is 5.21. The van der Waals surface area contributed by atoms with E-state index in [-0.39, 0.29) is 5.63 Å². The van der Waals surface area contributed by atoms with Gasteiger partial charge < -0.3 is 4.42 Å². The highest BCUT2D eigenvalue weighted by molar-refractivity contribution is 7.21. The van der Waals surface area contributed by atoms with Crippen molar-refractivity contribution in [1.29, 1.82) is 0 Å². The van der Waals surface area contributed by atoms with E-state index in [0.29, 0.717) is 11.3 Å². The Hall–Kier alpha value is -1.94. The van der Waals surface area contributed by atoms with Gasteiger partial charge in [0.25, 0.3) is 0 Å². The van der Waals surface area contributed by atoms with Crippen molar-refractivity contribution in [3.63, 3.8) is 0 Å². The van der Waals surface area contributed by atoms with E-state index in [4.69, 9.17) is 4.42 Å². The second-order valence-electron chi connectivity index (χ2n) is 3.72. The van der Waals surface area contributed by atoms with Gasteiger partial charge in [-0.3, -0.25) is 0 Å². The number of nitrogens with zero attached hydrogens (tertiary/aromatic N) is 1. The molecule has 4 heteroatoms. The molecular formula is C13H9NO2S. The smallest absolute Gasteiger partial charge is 0.347 e. The summed E-state index contributed by atoms with van der Waals surface area (Å²) in [6.07, 6.45) is 0. The van der Waals surface area contributed by atoms with E-state index in [1.807, 2.05) is 36.4 Å². The summed E-state index contributed by atoms with van der Waals surface area (Å²) in [4.78, 5) is 17.6. The fourth-order valence-corrected chi connectivity index (χ4v) is 2.78. The van der Waals surface area contributed by atoms with Gasteiger partial charge in [-0.2, -0.15) is 0 Å². The van der Waals surface area contributed by atoms with Gasteiger partial charge in [0.2, 0.25) is 0 Å². The molecule has 0 bridgehead atoms. The van der Waals surface area contributed by atoms with Crippen molar-refractivity contribution in [3.05, 3.63) is 52.7 Å². The number of aromatic nitrogens is 1. The maximum Gasteiger partial charge on any atom is 0.347 e. The van der Waals surface area contributed by atoms with Gasteiger partial charge in [0.15, 0.2) is 5.89 Å². The lowest BCUT2D eigenvalue weighted by molar-refractivity contribution is 0.468. The second-order valence-corrected chi connectivity index (χ2v) is 4.75. The van der Waals surface area contributed by atoms with Crippen LogP contribution in [0, 0.1) is 6.92 Å². The molecule has 17 heavy (non-hydrogen) atoms. The minimum atomic E-state index is -0.314. The van der Waals surface area contributed by atoms with Gasteiger partial charge >= 0.3 is 5.63 Å². The molecule has 0 radical (unpaired) electrons. The van der Waals surface area contributed by atoms with Crippen molar-refractivity contribution in [3.8, 4) is 10.4 Å². The molecule has 0 aliphatic rings. The van der Waals surface area contributed by atoms with Crippen molar-refractivity contribution in [2.45, 2.75) is 6.92 Å². The third-order valence-corrected chi connectivity index (χ3v) is 3.57. The number of aryl methyl sites for hydroxylation is 1. The van der Waals surface area contributed by atoms with Crippen LogP contribution in [0.4, 0.5) is 0 Å². The van der Waals surface area contributed by atoms with Crippen LogP contribution in [-0.4, -0.2) is 4.98 Å². The molecule has 0 unspecified atom stereocenters. The number of benzene rings is 1. The van der Waals surface area contributed by atoms with Crippen molar-refractivity contribution >= 4 is 21.6 Å². The van der Waals surface area contributed by atoms with Crippen molar-refractivity contribution in [2.75, 3.05) is 0 Å². The lowest BCUT2D eigenvalue weighted by Crippen LogP contribution is -1.99. The lowest BCUT2D eigenvalue weighted by Gasteiger charge is -1.93. The average Bonchev–Trinajstić information content (AvgIpc) is 2.74. The molecule has 0 fully saturated rings. The number of thiophene rings is 1. The molecule has 2 aromatic heterocycles. The van der Waals surface area contributed by atoms with Crippen molar-refractivity contribution in [1.82, 2.24) is 4.98 Å². The molecule has 3 nitrogen and oxygen atoms in total. The average molecular weight is 243 g/mol. The SMILES string of the molecule is Cc1nc2sc(-c3ccccc3)cc2c(=O)o1. The molecule has 0 atom stereocenters. The van der Waals surface area contributed by atoms with E-state index in [9.17, 15) is 4.79 Å². The summed E-state index contributed by atoms with van der Waals surface area (Å²) in [6.45, 7) is 1.68. The number of hydrogen-bond acceptors (Lipinski definition) is 4. The van der Waals surface area contributed by atoms with Crippen LogP contribution in [0.15, 0.2) is 45.6 Å². The summed E-state index contributed by atoms with van der Waals surface area (Å²) in [7, 11) is 0. The van der Waals surface area contributed by atoms with E-state index in [0.717, 1.165) is 15.3 Å². The Balaban J connectivity index is 2.28. The summed E-state index contributed by atoms with van der Waals surface area (Å²) in [5.41, 5.74) is 0.776. The topological polar surface area (TPSA) is 43.1 Å². The minimum Gasteiger partial charge on any atom is -0.408 e. The molecule has 0 amide bonds. The summed E-state index contributed by atoms with van der Waals surface area (Å²) in [5.74, 6) is 0.406. The predicted octanol–water partition coefficient (Wildman–Crippen LogP) is 3.22. The van der Waals surface area contributed by atoms with Gasteiger partial charge in [-0.25, -0.2) is 9.78 Å². The van der Waals surface area contributed by atoms with Gasteiger partial charge in [0.1, 0.15) is 4.83 Å². The maximum absolute atomic E-state index is 11.6. The van der Waals surface area contributed by atoms with Gasteiger partial charge in [0, 0.05) is 11.8 Å². The molecule has 0 saturated heterocycles. The highest BCUT2D eigenvalue weighted by Gasteiger charge is 2.09. The zero-order valence-electron chi connectivity index (χ0n) is 9.14. The third-order valence-electron chi connectivity index (χ3n) is 2.49. The Bertz CT molecular complexity index is 728. The van der Waals surface area contributed by atoms with Crippen LogP contribution >= 0.6 is 11.3 Å². The Labute approximate surface area is 101 Å². The Morgan fingerprint density at radius 3 is 2.76 bits per heavy atom. The van der Waals surface area contributed by atoms with Crippen molar-refractivity contribution in [2.24, 2.45) is 0 Å². The monoisotopic (exact) mass is 243 g/mol. The molecule has 0 aliphatic carbocycles. The van der Waals surface area contributed by atoms with E-state index in [1.165, 1.54) is 11.3 Å². The number of rotatable bonds is 1. The summed E-state index contributed by atoms with van der Waals surface area (Å²) in [6, 6.07) is 11.8.